The van der Waals surface area contributed by atoms with Crippen LogP contribution in [0.4, 0.5) is 0 Å². The second-order valence-corrected chi connectivity index (χ2v) is 4.45. The Morgan fingerprint density at radius 1 is 1.38 bits per heavy atom. The third-order valence-electron chi connectivity index (χ3n) is 2.20. The smallest absolute Gasteiger partial charge is 0.110 e. The first-order valence-corrected chi connectivity index (χ1v) is 5.68. The third kappa shape index (κ3) is 2.51. The Bertz CT molecular complexity index is 248. The predicted octanol–water partition coefficient (Wildman–Crippen LogP) is 2.82. The quantitative estimate of drug-likeness (QED) is 0.804. The average Bonchev–Trinajstić information content (AvgIpc) is 2.43. The van der Waals surface area contributed by atoms with Gasteiger partial charge in [-0.1, -0.05) is 13.8 Å². The third-order valence-corrected chi connectivity index (χ3v) is 3.39. The molecule has 0 saturated heterocycles. The molecule has 1 aromatic rings. The molecular formula is C10H18N2S. The molecule has 0 aliphatic carbocycles. The number of hydrogen-bond donors (Lipinski definition) is 1. The monoisotopic (exact) mass is 198 g/mol. The average molecular weight is 198 g/mol. The van der Waals surface area contributed by atoms with Crippen molar-refractivity contribution >= 4 is 11.3 Å². The molecular weight excluding hydrogens is 180 g/mol. The van der Waals surface area contributed by atoms with Crippen LogP contribution in [0.5, 0.6) is 0 Å². The van der Waals surface area contributed by atoms with Gasteiger partial charge in [-0.3, -0.25) is 0 Å². The SMILES string of the molecule is CCNC(CC)c1nc(C)c(C)s1. The Morgan fingerprint density at radius 2 is 2.08 bits per heavy atom. The minimum atomic E-state index is 0.447. The van der Waals surface area contributed by atoms with E-state index in [2.05, 4.69) is 38.0 Å². The largest absolute Gasteiger partial charge is 0.308 e. The van der Waals surface area contributed by atoms with Crippen molar-refractivity contribution in [3.63, 3.8) is 0 Å². The molecule has 3 heteroatoms. The van der Waals surface area contributed by atoms with E-state index in [4.69, 9.17) is 0 Å². The molecule has 0 bridgehead atoms. The number of aromatic nitrogens is 1. The number of thiazole rings is 1. The van der Waals surface area contributed by atoms with Crippen molar-refractivity contribution in [2.75, 3.05) is 6.54 Å². The van der Waals surface area contributed by atoms with Crippen molar-refractivity contribution in [1.29, 1.82) is 0 Å². The van der Waals surface area contributed by atoms with E-state index in [9.17, 15) is 0 Å². The highest BCUT2D eigenvalue weighted by Gasteiger charge is 2.12. The van der Waals surface area contributed by atoms with E-state index < -0.39 is 0 Å². The maximum Gasteiger partial charge on any atom is 0.110 e. The molecule has 0 spiro atoms. The van der Waals surface area contributed by atoms with Gasteiger partial charge in [-0.05, 0) is 26.8 Å². The van der Waals surface area contributed by atoms with Gasteiger partial charge in [-0.15, -0.1) is 11.3 Å². The van der Waals surface area contributed by atoms with Gasteiger partial charge < -0.3 is 5.32 Å². The van der Waals surface area contributed by atoms with Gasteiger partial charge in [0.1, 0.15) is 5.01 Å². The van der Waals surface area contributed by atoms with Crippen molar-refractivity contribution in [2.24, 2.45) is 0 Å². The summed E-state index contributed by atoms with van der Waals surface area (Å²) in [6.07, 6.45) is 1.11. The van der Waals surface area contributed by atoms with Gasteiger partial charge in [-0.2, -0.15) is 0 Å². The van der Waals surface area contributed by atoms with E-state index in [0.29, 0.717) is 6.04 Å². The van der Waals surface area contributed by atoms with E-state index in [1.807, 2.05) is 11.3 Å². The summed E-state index contributed by atoms with van der Waals surface area (Å²) in [6.45, 7) is 9.55. The highest BCUT2D eigenvalue weighted by molar-refractivity contribution is 7.11. The Hall–Kier alpha value is -0.410. The van der Waals surface area contributed by atoms with Crippen LogP contribution < -0.4 is 5.32 Å². The van der Waals surface area contributed by atoms with Crippen LogP contribution in [0, 0.1) is 13.8 Å². The van der Waals surface area contributed by atoms with Crippen molar-refractivity contribution in [2.45, 2.75) is 40.2 Å². The molecule has 0 saturated carbocycles. The van der Waals surface area contributed by atoms with Gasteiger partial charge in [-0.25, -0.2) is 4.98 Å². The van der Waals surface area contributed by atoms with Crippen LogP contribution in [0.15, 0.2) is 0 Å². The predicted molar refractivity (Wildman–Crippen MR) is 58.3 cm³/mol. The normalized spacial score (nSPS) is 13.2. The molecule has 1 N–H and O–H groups in total. The summed E-state index contributed by atoms with van der Waals surface area (Å²) in [5.41, 5.74) is 1.18. The van der Waals surface area contributed by atoms with Gasteiger partial charge in [0.05, 0.1) is 11.7 Å². The molecule has 0 aliphatic rings. The molecule has 74 valence electrons. The van der Waals surface area contributed by atoms with Crippen molar-refractivity contribution < 1.29 is 0 Å². The molecule has 0 aromatic carbocycles. The fourth-order valence-electron chi connectivity index (χ4n) is 1.30. The zero-order valence-corrected chi connectivity index (χ0v) is 9.66. The number of nitrogens with zero attached hydrogens (tertiary/aromatic N) is 1. The summed E-state index contributed by atoms with van der Waals surface area (Å²) in [5.74, 6) is 0. The van der Waals surface area contributed by atoms with Crippen molar-refractivity contribution in [1.82, 2.24) is 10.3 Å². The molecule has 0 amide bonds. The minimum absolute atomic E-state index is 0.447. The first-order chi connectivity index (χ1) is 6.19. The van der Waals surface area contributed by atoms with Crippen molar-refractivity contribution in [3.05, 3.63) is 15.6 Å². The Labute approximate surface area is 84.4 Å². The summed E-state index contributed by atoms with van der Waals surface area (Å²) in [4.78, 5) is 5.90. The minimum Gasteiger partial charge on any atom is -0.308 e. The maximum atomic E-state index is 4.56. The second-order valence-electron chi connectivity index (χ2n) is 3.21. The first-order valence-electron chi connectivity index (χ1n) is 4.86. The molecule has 1 atom stereocenters. The summed E-state index contributed by atoms with van der Waals surface area (Å²) < 4.78 is 0. The lowest BCUT2D eigenvalue weighted by Crippen LogP contribution is -2.19. The highest BCUT2D eigenvalue weighted by atomic mass is 32.1. The summed E-state index contributed by atoms with van der Waals surface area (Å²) in [6, 6.07) is 0.447. The number of hydrogen-bond acceptors (Lipinski definition) is 3. The molecule has 1 aromatic heterocycles. The summed E-state index contributed by atoms with van der Waals surface area (Å²) >= 11 is 1.81. The Morgan fingerprint density at radius 3 is 2.46 bits per heavy atom. The lowest BCUT2D eigenvalue weighted by atomic mass is 10.2. The standard InChI is InChI=1S/C10H18N2S/c1-5-9(11-6-2)10-12-7(3)8(4)13-10/h9,11H,5-6H2,1-4H3. The number of aryl methyl sites for hydroxylation is 2. The fourth-order valence-corrected chi connectivity index (χ4v) is 2.38. The maximum absolute atomic E-state index is 4.56. The zero-order chi connectivity index (χ0) is 9.84. The molecule has 13 heavy (non-hydrogen) atoms. The van der Waals surface area contributed by atoms with E-state index in [-0.39, 0.29) is 0 Å². The van der Waals surface area contributed by atoms with E-state index >= 15 is 0 Å². The summed E-state index contributed by atoms with van der Waals surface area (Å²) in [5, 5.41) is 4.67. The van der Waals surface area contributed by atoms with E-state index in [1.54, 1.807) is 0 Å². The second kappa shape index (κ2) is 4.72. The van der Waals surface area contributed by atoms with Crippen molar-refractivity contribution in [3.8, 4) is 0 Å². The zero-order valence-electron chi connectivity index (χ0n) is 8.85. The van der Waals surface area contributed by atoms with Gasteiger partial charge >= 0.3 is 0 Å². The van der Waals surface area contributed by atoms with Gasteiger partial charge in [0.2, 0.25) is 0 Å². The van der Waals surface area contributed by atoms with E-state index in [0.717, 1.165) is 13.0 Å². The van der Waals surface area contributed by atoms with Crippen LogP contribution in [0.3, 0.4) is 0 Å². The van der Waals surface area contributed by atoms with Crippen LogP contribution in [0.2, 0.25) is 0 Å². The van der Waals surface area contributed by atoms with Crippen LogP contribution in [0.25, 0.3) is 0 Å². The molecule has 0 aliphatic heterocycles. The first kappa shape index (κ1) is 10.7. The Kier molecular flexibility index (Phi) is 3.88. The topological polar surface area (TPSA) is 24.9 Å². The number of rotatable bonds is 4. The molecule has 2 nitrogen and oxygen atoms in total. The Balaban J connectivity index is 2.78. The van der Waals surface area contributed by atoms with Gasteiger partial charge in [0.15, 0.2) is 0 Å². The molecule has 0 fully saturated rings. The van der Waals surface area contributed by atoms with Crippen LogP contribution in [-0.4, -0.2) is 11.5 Å². The van der Waals surface area contributed by atoms with Gasteiger partial charge in [0.25, 0.3) is 0 Å². The highest BCUT2D eigenvalue weighted by Crippen LogP contribution is 2.24. The van der Waals surface area contributed by atoms with Crippen LogP contribution in [-0.2, 0) is 0 Å². The molecule has 1 rings (SSSR count). The van der Waals surface area contributed by atoms with Crippen LogP contribution in [0.1, 0.15) is 41.9 Å². The molecule has 1 unspecified atom stereocenters. The van der Waals surface area contributed by atoms with E-state index in [1.165, 1.54) is 15.6 Å². The lowest BCUT2D eigenvalue weighted by Gasteiger charge is -2.11. The molecule has 0 radical (unpaired) electrons. The molecule has 1 heterocycles. The number of nitrogens with one attached hydrogen (secondary N) is 1. The summed E-state index contributed by atoms with van der Waals surface area (Å²) in [7, 11) is 0. The van der Waals surface area contributed by atoms with Crippen LogP contribution >= 0.6 is 11.3 Å². The lowest BCUT2D eigenvalue weighted by molar-refractivity contribution is 0.534. The fraction of sp³-hybridized carbons (Fsp3) is 0.700. The van der Waals surface area contributed by atoms with Gasteiger partial charge in [0, 0.05) is 4.88 Å².